The average molecular weight is 336 g/mol. The average Bonchev–Trinajstić information content (AvgIpc) is 2.98. The van der Waals surface area contributed by atoms with Crippen LogP contribution in [0.2, 0.25) is 5.02 Å². The Kier molecular flexibility index (Phi) is 4.83. The lowest BCUT2D eigenvalue weighted by atomic mass is 9.93. The molecule has 1 aliphatic carbocycles. The lowest BCUT2D eigenvalue weighted by Crippen LogP contribution is -2.40. The number of nitrogens with zero attached hydrogens (tertiary/aromatic N) is 1. The van der Waals surface area contributed by atoms with Crippen molar-refractivity contribution in [1.29, 1.82) is 0 Å². The summed E-state index contributed by atoms with van der Waals surface area (Å²) in [6, 6.07) is 8.61. The topological polar surface area (TPSA) is 87.4 Å². The fourth-order valence-electron chi connectivity index (χ4n) is 2.67. The van der Waals surface area contributed by atoms with Crippen LogP contribution in [0.15, 0.2) is 34.9 Å². The first kappa shape index (κ1) is 15.8. The minimum absolute atomic E-state index is 0.0812. The van der Waals surface area contributed by atoms with Crippen molar-refractivity contribution in [1.82, 2.24) is 10.5 Å². The van der Waals surface area contributed by atoms with Gasteiger partial charge in [-0.05, 0) is 37.8 Å². The number of benzene rings is 1. The summed E-state index contributed by atoms with van der Waals surface area (Å²) < 4.78 is 5.23. The lowest BCUT2D eigenvalue weighted by molar-refractivity contribution is 0.118. The molecule has 6 nitrogen and oxygen atoms in total. The highest BCUT2D eigenvalue weighted by molar-refractivity contribution is 6.30. The molecule has 23 heavy (non-hydrogen) atoms. The van der Waals surface area contributed by atoms with E-state index in [1.807, 2.05) is 12.1 Å². The molecule has 122 valence electrons. The molecule has 1 aromatic carbocycles. The smallest absolute Gasteiger partial charge is 0.320 e. The zero-order chi connectivity index (χ0) is 16.2. The molecule has 0 saturated heterocycles. The molecule has 1 heterocycles. The summed E-state index contributed by atoms with van der Waals surface area (Å²) in [5.41, 5.74) is 0.791. The van der Waals surface area contributed by atoms with E-state index >= 15 is 0 Å². The largest absolute Gasteiger partial charge is 0.393 e. The molecule has 1 saturated carbocycles. The van der Waals surface area contributed by atoms with Crippen LogP contribution < -0.4 is 10.6 Å². The van der Waals surface area contributed by atoms with Crippen molar-refractivity contribution in [2.75, 3.05) is 5.32 Å². The summed E-state index contributed by atoms with van der Waals surface area (Å²) in [5.74, 6) is 0.872. The normalized spacial score (nSPS) is 21.0. The Labute approximate surface area is 138 Å². The van der Waals surface area contributed by atoms with Crippen LogP contribution in [0.4, 0.5) is 10.6 Å². The van der Waals surface area contributed by atoms with Gasteiger partial charge in [-0.25, -0.2) is 4.79 Å². The first-order chi connectivity index (χ1) is 11.1. The molecule has 0 unspecified atom stereocenters. The molecule has 0 aliphatic heterocycles. The summed E-state index contributed by atoms with van der Waals surface area (Å²) >= 11 is 5.94. The molecular formula is C16H18ClN3O3. The molecule has 1 fully saturated rings. The van der Waals surface area contributed by atoms with Gasteiger partial charge in [-0.3, -0.25) is 5.32 Å². The second kappa shape index (κ2) is 7.02. The lowest BCUT2D eigenvalue weighted by Gasteiger charge is -2.25. The van der Waals surface area contributed by atoms with Crippen LogP contribution in [0.3, 0.4) is 0 Å². The predicted octanol–water partition coefficient (Wildman–Crippen LogP) is 3.42. The maximum atomic E-state index is 12.0. The molecule has 2 amide bonds. The first-order valence-corrected chi connectivity index (χ1v) is 7.96. The van der Waals surface area contributed by atoms with E-state index in [0.29, 0.717) is 29.4 Å². The summed E-state index contributed by atoms with van der Waals surface area (Å²) in [4.78, 5) is 12.0. The number of carbonyl (C=O) groups excluding carboxylic acids is 1. The fourth-order valence-corrected chi connectivity index (χ4v) is 2.86. The minimum atomic E-state index is -0.322. The summed E-state index contributed by atoms with van der Waals surface area (Å²) in [7, 11) is 0. The third kappa shape index (κ3) is 4.24. The van der Waals surface area contributed by atoms with Crippen LogP contribution in [-0.4, -0.2) is 28.4 Å². The molecular weight excluding hydrogens is 318 g/mol. The zero-order valence-electron chi connectivity index (χ0n) is 12.5. The standard InChI is InChI=1S/C16H18ClN3O3/c17-11-3-1-2-10(8-11)14-9-15(20-23-14)19-16(22)18-12-4-6-13(21)7-5-12/h1-3,8-9,12-13,21H,4-7H2,(H2,18,19,20,22). The fraction of sp³-hybridized carbons (Fsp3) is 0.375. The Morgan fingerprint density at radius 2 is 2.04 bits per heavy atom. The molecule has 0 bridgehead atoms. The Bertz CT molecular complexity index is 681. The molecule has 0 spiro atoms. The third-order valence-electron chi connectivity index (χ3n) is 3.89. The maximum absolute atomic E-state index is 12.0. The van der Waals surface area contributed by atoms with Crippen LogP contribution in [-0.2, 0) is 0 Å². The van der Waals surface area contributed by atoms with Crippen molar-refractivity contribution < 1.29 is 14.4 Å². The van der Waals surface area contributed by atoms with Gasteiger partial charge in [0.25, 0.3) is 0 Å². The second-order valence-electron chi connectivity index (χ2n) is 5.69. The van der Waals surface area contributed by atoms with Crippen LogP contribution >= 0.6 is 11.6 Å². The number of carbonyl (C=O) groups is 1. The van der Waals surface area contributed by atoms with Crippen LogP contribution in [0.5, 0.6) is 0 Å². The molecule has 0 atom stereocenters. The second-order valence-corrected chi connectivity index (χ2v) is 6.13. The minimum Gasteiger partial charge on any atom is -0.393 e. The number of halogens is 1. The van der Waals surface area contributed by atoms with Crippen LogP contribution in [0, 0.1) is 0 Å². The quantitative estimate of drug-likeness (QED) is 0.802. The SMILES string of the molecule is O=C(Nc1cc(-c2cccc(Cl)c2)on1)NC1CCC(O)CC1. The van der Waals surface area contributed by atoms with Gasteiger partial charge in [0.1, 0.15) is 0 Å². The highest BCUT2D eigenvalue weighted by Gasteiger charge is 2.21. The van der Waals surface area contributed by atoms with E-state index in [1.165, 1.54) is 0 Å². The van der Waals surface area contributed by atoms with Crippen molar-refractivity contribution in [3.05, 3.63) is 35.4 Å². The van der Waals surface area contributed by atoms with Gasteiger partial charge in [-0.15, -0.1) is 0 Å². The van der Waals surface area contributed by atoms with E-state index < -0.39 is 0 Å². The van der Waals surface area contributed by atoms with Gasteiger partial charge in [0, 0.05) is 22.7 Å². The molecule has 1 aromatic heterocycles. The molecule has 3 rings (SSSR count). The highest BCUT2D eigenvalue weighted by Crippen LogP contribution is 2.25. The Hall–Kier alpha value is -2.05. The van der Waals surface area contributed by atoms with Crippen molar-refractivity contribution in [2.24, 2.45) is 0 Å². The van der Waals surface area contributed by atoms with E-state index in [-0.39, 0.29) is 18.2 Å². The van der Waals surface area contributed by atoms with Gasteiger partial charge in [0.15, 0.2) is 11.6 Å². The monoisotopic (exact) mass is 335 g/mol. The van der Waals surface area contributed by atoms with Crippen molar-refractivity contribution in [3.63, 3.8) is 0 Å². The molecule has 7 heteroatoms. The number of aliphatic hydroxyl groups is 1. The maximum Gasteiger partial charge on any atom is 0.320 e. The van der Waals surface area contributed by atoms with E-state index in [0.717, 1.165) is 18.4 Å². The van der Waals surface area contributed by atoms with Gasteiger partial charge in [-0.1, -0.05) is 28.9 Å². The molecule has 3 N–H and O–H groups in total. The number of anilines is 1. The number of aliphatic hydroxyl groups excluding tert-OH is 1. The van der Waals surface area contributed by atoms with Gasteiger partial charge in [0.2, 0.25) is 0 Å². The Morgan fingerprint density at radius 1 is 1.26 bits per heavy atom. The number of urea groups is 1. The predicted molar refractivity (Wildman–Crippen MR) is 87.4 cm³/mol. The summed E-state index contributed by atoms with van der Waals surface area (Å²) in [5, 5.41) is 19.4. The van der Waals surface area contributed by atoms with E-state index in [1.54, 1.807) is 18.2 Å². The van der Waals surface area contributed by atoms with Crippen molar-refractivity contribution >= 4 is 23.4 Å². The van der Waals surface area contributed by atoms with E-state index in [9.17, 15) is 9.90 Å². The first-order valence-electron chi connectivity index (χ1n) is 7.58. The van der Waals surface area contributed by atoms with Crippen LogP contribution in [0.1, 0.15) is 25.7 Å². The third-order valence-corrected chi connectivity index (χ3v) is 4.13. The zero-order valence-corrected chi connectivity index (χ0v) is 13.2. The van der Waals surface area contributed by atoms with E-state index in [4.69, 9.17) is 16.1 Å². The van der Waals surface area contributed by atoms with Crippen molar-refractivity contribution in [2.45, 2.75) is 37.8 Å². The number of nitrogens with one attached hydrogen (secondary N) is 2. The number of hydrogen-bond acceptors (Lipinski definition) is 4. The highest BCUT2D eigenvalue weighted by atomic mass is 35.5. The molecule has 1 aliphatic rings. The Balaban J connectivity index is 1.57. The number of hydrogen-bond donors (Lipinski definition) is 3. The van der Waals surface area contributed by atoms with Crippen molar-refractivity contribution in [3.8, 4) is 11.3 Å². The van der Waals surface area contributed by atoms with Gasteiger partial charge in [-0.2, -0.15) is 0 Å². The van der Waals surface area contributed by atoms with Crippen LogP contribution in [0.25, 0.3) is 11.3 Å². The Morgan fingerprint density at radius 3 is 2.78 bits per heavy atom. The number of aromatic nitrogens is 1. The molecule has 0 radical (unpaired) electrons. The van der Waals surface area contributed by atoms with E-state index in [2.05, 4.69) is 15.8 Å². The van der Waals surface area contributed by atoms with Gasteiger partial charge >= 0.3 is 6.03 Å². The molecule has 2 aromatic rings. The number of amides is 2. The van der Waals surface area contributed by atoms with Gasteiger partial charge < -0.3 is 14.9 Å². The van der Waals surface area contributed by atoms with Gasteiger partial charge in [0.05, 0.1) is 6.10 Å². The number of rotatable bonds is 3. The summed E-state index contributed by atoms with van der Waals surface area (Å²) in [6.07, 6.45) is 2.75. The summed E-state index contributed by atoms with van der Waals surface area (Å²) in [6.45, 7) is 0.